The molecule has 0 aliphatic carbocycles. The molecule has 0 heterocycles. The Morgan fingerprint density at radius 1 is 1.53 bits per heavy atom. The highest BCUT2D eigenvalue weighted by Gasteiger charge is 2.02. The number of nitriles is 1. The molecular formula is C13H17BrN2O. The van der Waals surface area contributed by atoms with Gasteiger partial charge in [-0.3, -0.25) is 0 Å². The molecule has 1 aromatic rings. The number of halogens is 1. The van der Waals surface area contributed by atoms with Gasteiger partial charge in [-0.15, -0.1) is 0 Å². The number of rotatable bonds is 6. The third kappa shape index (κ3) is 4.76. The topological polar surface area (TPSA) is 45.0 Å². The second-order valence-corrected chi connectivity index (χ2v) is 4.64. The minimum absolute atomic E-state index is 0.340. The van der Waals surface area contributed by atoms with Crippen molar-refractivity contribution in [1.29, 1.82) is 5.26 Å². The SMILES string of the molecule is CCc1cc(Br)ccc1NCCOC(C)C#N. The summed E-state index contributed by atoms with van der Waals surface area (Å²) in [6, 6.07) is 8.22. The molecule has 0 aromatic heterocycles. The van der Waals surface area contributed by atoms with Crippen LogP contribution in [0.3, 0.4) is 0 Å². The van der Waals surface area contributed by atoms with Gasteiger partial charge < -0.3 is 10.1 Å². The fraction of sp³-hybridized carbons (Fsp3) is 0.462. The van der Waals surface area contributed by atoms with Crippen LogP contribution in [-0.4, -0.2) is 19.3 Å². The Morgan fingerprint density at radius 3 is 2.94 bits per heavy atom. The number of nitrogens with one attached hydrogen (secondary N) is 1. The average molecular weight is 297 g/mol. The first-order valence-electron chi connectivity index (χ1n) is 5.71. The molecular weight excluding hydrogens is 280 g/mol. The summed E-state index contributed by atoms with van der Waals surface area (Å²) in [6.07, 6.45) is 0.643. The van der Waals surface area contributed by atoms with E-state index in [1.807, 2.05) is 12.1 Å². The van der Waals surface area contributed by atoms with E-state index in [0.717, 1.165) is 16.6 Å². The Balaban J connectivity index is 2.44. The van der Waals surface area contributed by atoms with E-state index in [-0.39, 0.29) is 6.10 Å². The van der Waals surface area contributed by atoms with Gasteiger partial charge in [-0.05, 0) is 37.1 Å². The van der Waals surface area contributed by atoms with Gasteiger partial charge in [0.05, 0.1) is 12.7 Å². The molecule has 1 rings (SSSR count). The highest BCUT2D eigenvalue weighted by molar-refractivity contribution is 9.10. The highest BCUT2D eigenvalue weighted by atomic mass is 79.9. The first-order valence-corrected chi connectivity index (χ1v) is 6.50. The van der Waals surface area contributed by atoms with E-state index in [0.29, 0.717) is 13.2 Å². The van der Waals surface area contributed by atoms with Crippen LogP contribution >= 0.6 is 15.9 Å². The van der Waals surface area contributed by atoms with Crippen LogP contribution < -0.4 is 5.32 Å². The molecule has 0 aliphatic heterocycles. The predicted octanol–water partition coefficient (Wildman–Crippen LogP) is 3.35. The Kier molecular flexibility index (Phi) is 6.03. The van der Waals surface area contributed by atoms with E-state index in [1.165, 1.54) is 5.56 Å². The molecule has 3 nitrogen and oxygen atoms in total. The van der Waals surface area contributed by atoms with Crippen LogP contribution in [0.15, 0.2) is 22.7 Å². The second kappa shape index (κ2) is 7.31. The lowest BCUT2D eigenvalue weighted by Gasteiger charge is -2.12. The summed E-state index contributed by atoms with van der Waals surface area (Å²) in [4.78, 5) is 0. The third-order valence-electron chi connectivity index (χ3n) is 2.42. The zero-order chi connectivity index (χ0) is 12.7. The van der Waals surface area contributed by atoms with E-state index in [1.54, 1.807) is 6.92 Å². The molecule has 0 amide bonds. The molecule has 0 saturated carbocycles. The Morgan fingerprint density at radius 2 is 2.29 bits per heavy atom. The van der Waals surface area contributed by atoms with Crippen LogP contribution in [0, 0.1) is 11.3 Å². The van der Waals surface area contributed by atoms with E-state index in [9.17, 15) is 0 Å². The van der Waals surface area contributed by atoms with Crippen molar-refractivity contribution in [2.75, 3.05) is 18.5 Å². The summed E-state index contributed by atoms with van der Waals surface area (Å²) < 4.78 is 6.37. The number of hydrogen-bond acceptors (Lipinski definition) is 3. The fourth-order valence-corrected chi connectivity index (χ4v) is 1.89. The average Bonchev–Trinajstić information content (AvgIpc) is 2.35. The minimum atomic E-state index is -0.340. The number of nitrogens with zero attached hydrogens (tertiary/aromatic N) is 1. The molecule has 1 atom stereocenters. The van der Waals surface area contributed by atoms with Crippen LogP contribution in [0.25, 0.3) is 0 Å². The second-order valence-electron chi connectivity index (χ2n) is 3.72. The molecule has 0 bridgehead atoms. The van der Waals surface area contributed by atoms with E-state index < -0.39 is 0 Å². The van der Waals surface area contributed by atoms with Gasteiger partial charge >= 0.3 is 0 Å². The maximum atomic E-state index is 8.56. The number of aryl methyl sites for hydroxylation is 1. The zero-order valence-electron chi connectivity index (χ0n) is 10.2. The van der Waals surface area contributed by atoms with Crippen molar-refractivity contribution in [3.63, 3.8) is 0 Å². The summed E-state index contributed by atoms with van der Waals surface area (Å²) in [6.45, 7) is 5.12. The number of benzene rings is 1. The van der Waals surface area contributed by atoms with Gasteiger partial charge in [-0.1, -0.05) is 22.9 Å². The first-order chi connectivity index (χ1) is 8.17. The van der Waals surface area contributed by atoms with Gasteiger partial charge in [0.15, 0.2) is 0 Å². The lowest BCUT2D eigenvalue weighted by atomic mass is 10.1. The summed E-state index contributed by atoms with van der Waals surface area (Å²) in [5.74, 6) is 0. The normalized spacial score (nSPS) is 11.9. The monoisotopic (exact) mass is 296 g/mol. The third-order valence-corrected chi connectivity index (χ3v) is 2.91. The summed E-state index contributed by atoms with van der Waals surface area (Å²) in [5.41, 5.74) is 2.40. The maximum absolute atomic E-state index is 8.56. The van der Waals surface area contributed by atoms with Crippen LogP contribution in [0.2, 0.25) is 0 Å². The lowest BCUT2D eigenvalue weighted by molar-refractivity contribution is 0.111. The molecule has 0 radical (unpaired) electrons. The fourth-order valence-electron chi connectivity index (χ4n) is 1.49. The Labute approximate surface area is 111 Å². The van der Waals surface area contributed by atoms with Crippen molar-refractivity contribution in [2.24, 2.45) is 0 Å². The predicted molar refractivity (Wildman–Crippen MR) is 73.0 cm³/mol. The maximum Gasteiger partial charge on any atom is 0.141 e. The highest BCUT2D eigenvalue weighted by Crippen LogP contribution is 2.21. The molecule has 4 heteroatoms. The molecule has 0 saturated heterocycles. The zero-order valence-corrected chi connectivity index (χ0v) is 11.8. The molecule has 1 unspecified atom stereocenters. The first kappa shape index (κ1) is 14.0. The smallest absolute Gasteiger partial charge is 0.141 e. The Bertz CT molecular complexity index is 401. The van der Waals surface area contributed by atoms with Crippen molar-refractivity contribution in [1.82, 2.24) is 0 Å². The molecule has 0 spiro atoms. The van der Waals surface area contributed by atoms with Gasteiger partial charge in [-0.2, -0.15) is 5.26 Å². The number of anilines is 1. The Hall–Kier alpha value is -1.05. The summed E-state index contributed by atoms with van der Waals surface area (Å²) in [5, 5.41) is 11.9. The van der Waals surface area contributed by atoms with Crippen molar-refractivity contribution in [3.05, 3.63) is 28.2 Å². The standard InChI is InChI=1S/C13H17BrN2O/c1-3-11-8-12(14)4-5-13(11)16-6-7-17-10(2)9-15/h4-5,8,10,16H,3,6-7H2,1-2H3. The van der Waals surface area contributed by atoms with E-state index >= 15 is 0 Å². The quantitative estimate of drug-likeness (QED) is 0.819. The summed E-state index contributed by atoms with van der Waals surface area (Å²) in [7, 11) is 0. The van der Waals surface area contributed by atoms with Crippen LogP contribution in [-0.2, 0) is 11.2 Å². The molecule has 0 aliphatic rings. The van der Waals surface area contributed by atoms with E-state index in [2.05, 4.69) is 40.3 Å². The van der Waals surface area contributed by atoms with Crippen LogP contribution in [0.4, 0.5) is 5.69 Å². The van der Waals surface area contributed by atoms with Gasteiger partial charge in [0, 0.05) is 16.7 Å². The molecule has 92 valence electrons. The molecule has 0 fully saturated rings. The molecule has 1 N–H and O–H groups in total. The van der Waals surface area contributed by atoms with Gasteiger partial charge in [0.2, 0.25) is 0 Å². The molecule has 17 heavy (non-hydrogen) atoms. The summed E-state index contributed by atoms with van der Waals surface area (Å²) >= 11 is 3.46. The molecule has 1 aromatic carbocycles. The number of ether oxygens (including phenoxy) is 1. The van der Waals surface area contributed by atoms with E-state index in [4.69, 9.17) is 10.00 Å². The minimum Gasteiger partial charge on any atom is -0.383 e. The van der Waals surface area contributed by atoms with Crippen LogP contribution in [0.5, 0.6) is 0 Å². The van der Waals surface area contributed by atoms with Crippen LogP contribution in [0.1, 0.15) is 19.4 Å². The van der Waals surface area contributed by atoms with Gasteiger partial charge in [-0.25, -0.2) is 0 Å². The van der Waals surface area contributed by atoms with Crippen molar-refractivity contribution in [3.8, 4) is 6.07 Å². The van der Waals surface area contributed by atoms with Gasteiger partial charge in [0.25, 0.3) is 0 Å². The van der Waals surface area contributed by atoms with Crippen molar-refractivity contribution < 1.29 is 4.74 Å². The van der Waals surface area contributed by atoms with Gasteiger partial charge in [0.1, 0.15) is 6.10 Å². The van der Waals surface area contributed by atoms with Crippen molar-refractivity contribution in [2.45, 2.75) is 26.4 Å². The van der Waals surface area contributed by atoms with Crippen molar-refractivity contribution >= 4 is 21.6 Å². The largest absolute Gasteiger partial charge is 0.383 e. The number of hydrogen-bond donors (Lipinski definition) is 1. The lowest BCUT2D eigenvalue weighted by Crippen LogP contribution is -2.14.